The number of thioether (sulfide) groups is 1. The monoisotopic (exact) mass is 287 g/mol. The highest BCUT2D eigenvalue weighted by Crippen LogP contribution is 2.32. The molecule has 0 radical (unpaired) electrons. The van der Waals surface area contributed by atoms with Crippen molar-refractivity contribution in [3.63, 3.8) is 0 Å². The van der Waals surface area contributed by atoms with E-state index in [9.17, 15) is 9.59 Å². The first-order chi connectivity index (χ1) is 8.54. The molecule has 1 rings (SSSR count). The molecule has 0 saturated heterocycles. The van der Waals surface area contributed by atoms with E-state index < -0.39 is 6.03 Å². The number of hydrogen-bond acceptors (Lipinski definition) is 4. The van der Waals surface area contributed by atoms with Crippen LogP contribution in [-0.4, -0.2) is 24.7 Å². The number of rotatable bonds is 4. The van der Waals surface area contributed by atoms with Crippen molar-refractivity contribution in [1.82, 2.24) is 10.6 Å². The quantitative estimate of drug-likeness (QED) is 0.583. The first-order valence-corrected chi connectivity index (χ1v) is 6.59. The van der Waals surface area contributed by atoms with Crippen LogP contribution < -0.4 is 16.4 Å². The van der Waals surface area contributed by atoms with E-state index in [0.29, 0.717) is 16.5 Å². The van der Waals surface area contributed by atoms with Gasteiger partial charge >= 0.3 is 6.03 Å². The van der Waals surface area contributed by atoms with Crippen molar-refractivity contribution < 1.29 is 9.59 Å². The second-order valence-electron chi connectivity index (χ2n) is 3.38. The Morgan fingerprint density at radius 3 is 2.78 bits per heavy atom. The Labute approximate surface area is 114 Å². The molecule has 1 aromatic rings. The first-order valence-electron chi connectivity index (χ1n) is 5.23. The van der Waals surface area contributed by atoms with Crippen LogP contribution in [0.25, 0.3) is 0 Å². The number of halogens is 1. The van der Waals surface area contributed by atoms with E-state index in [1.807, 2.05) is 0 Å². The average molecular weight is 288 g/mol. The zero-order valence-corrected chi connectivity index (χ0v) is 11.4. The number of amides is 3. The summed E-state index contributed by atoms with van der Waals surface area (Å²) in [4.78, 5) is 23.0. The highest BCUT2D eigenvalue weighted by atomic mass is 35.5. The molecule has 0 aliphatic carbocycles. The van der Waals surface area contributed by atoms with Crippen molar-refractivity contribution in [2.24, 2.45) is 0 Å². The van der Waals surface area contributed by atoms with Gasteiger partial charge in [0.25, 0.3) is 0 Å². The summed E-state index contributed by atoms with van der Waals surface area (Å²) >= 11 is 7.37. The van der Waals surface area contributed by atoms with Gasteiger partial charge in [-0.15, -0.1) is 11.8 Å². The maximum absolute atomic E-state index is 11.3. The average Bonchev–Trinajstić information content (AvgIpc) is 2.32. The minimum atomic E-state index is -0.512. The van der Waals surface area contributed by atoms with E-state index in [0.717, 1.165) is 4.90 Å². The number of carbonyl (C=O) groups is 2. The summed E-state index contributed by atoms with van der Waals surface area (Å²) in [7, 11) is 1.45. The van der Waals surface area contributed by atoms with Crippen LogP contribution in [0, 0.1) is 0 Å². The second-order valence-corrected chi connectivity index (χ2v) is 4.90. The van der Waals surface area contributed by atoms with E-state index in [1.165, 1.54) is 18.8 Å². The lowest BCUT2D eigenvalue weighted by molar-refractivity contribution is -0.119. The molecule has 0 atom stereocenters. The number of carbonyl (C=O) groups excluding carboxylic acids is 2. The van der Waals surface area contributed by atoms with Crippen LogP contribution in [-0.2, 0) is 4.79 Å². The Bertz CT molecular complexity index is 434. The van der Waals surface area contributed by atoms with Gasteiger partial charge in [0.1, 0.15) is 0 Å². The van der Waals surface area contributed by atoms with Gasteiger partial charge in [-0.05, 0) is 12.1 Å². The summed E-state index contributed by atoms with van der Waals surface area (Å²) in [5.74, 6) is 0.156. The first kappa shape index (κ1) is 14.7. The number of hydrogen-bond donors (Lipinski definition) is 3. The SMILES string of the molecule is CNC(=O)NC(=O)CCSc1c(N)cccc1Cl. The fourth-order valence-electron chi connectivity index (χ4n) is 1.18. The lowest BCUT2D eigenvalue weighted by Crippen LogP contribution is -2.37. The van der Waals surface area contributed by atoms with E-state index in [4.69, 9.17) is 17.3 Å². The van der Waals surface area contributed by atoms with Gasteiger partial charge in [0.05, 0.1) is 5.02 Å². The molecule has 18 heavy (non-hydrogen) atoms. The van der Waals surface area contributed by atoms with E-state index in [2.05, 4.69) is 10.6 Å². The lowest BCUT2D eigenvalue weighted by Gasteiger charge is -2.07. The molecule has 0 aliphatic heterocycles. The predicted octanol–water partition coefficient (Wildman–Crippen LogP) is 1.86. The number of anilines is 1. The molecule has 0 heterocycles. The summed E-state index contributed by atoms with van der Waals surface area (Å²) < 4.78 is 0. The molecule has 5 nitrogen and oxygen atoms in total. The van der Waals surface area contributed by atoms with Crippen molar-refractivity contribution >= 4 is 41.0 Å². The van der Waals surface area contributed by atoms with Gasteiger partial charge in [0.15, 0.2) is 0 Å². The summed E-state index contributed by atoms with van der Waals surface area (Å²) in [5.41, 5.74) is 6.35. The van der Waals surface area contributed by atoms with Crippen molar-refractivity contribution in [2.75, 3.05) is 18.5 Å². The smallest absolute Gasteiger partial charge is 0.321 e. The van der Waals surface area contributed by atoms with Crippen molar-refractivity contribution in [2.45, 2.75) is 11.3 Å². The molecule has 0 spiro atoms. The topological polar surface area (TPSA) is 84.2 Å². The molecule has 0 fully saturated rings. The number of urea groups is 1. The highest BCUT2D eigenvalue weighted by Gasteiger charge is 2.08. The van der Waals surface area contributed by atoms with Gasteiger partial charge in [-0.2, -0.15) is 0 Å². The molecule has 0 unspecified atom stereocenters. The lowest BCUT2D eigenvalue weighted by atomic mass is 10.3. The maximum Gasteiger partial charge on any atom is 0.321 e. The Hall–Kier alpha value is -1.40. The molecule has 4 N–H and O–H groups in total. The summed E-state index contributed by atoms with van der Waals surface area (Å²) in [6.45, 7) is 0. The zero-order chi connectivity index (χ0) is 13.5. The molecular weight excluding hydrogens is 274 g/mol. The molecule has 0 aliphatic rings. The minimum absolute atomic E-state index is 0.211. The third kappa shape index (κ3) is 4.46. The number of benzene rings is 1. The zero-order valence-electron chi connectivity index (χ0n) is 9.83. The van der Waals surface area contributed by atoms with Crippen LogP contribution in [0.2, 0.25) is 5.02 Å². The van der Waals surface area contributed by atoms with Gasteiger partial charge < -0.3 is 11.1 Å². The maximum atomic E-state index is 11.3. The Morgan fingerprint density at radius 2 is 2.17 bits per heavy atom. The Kier molecular flexibility index (Phi) is 5.80. The van der Waals surface area contributed by atoms with Gasteiger partial charge in [-0.1, -0.05) is 17.7 Å². The molecule has 3 amide bonds. The van der Waals surface area contributed by atoms with E-state index in [-0.39, 0.29) is 12.3 Å². The Morgan fingerprint density at radius 1 is 1.44 bits per heavy atom. The standard InChI is InChI=1S/C11H14ClN3O2S/c1-14-11(17)15-9(16)5-6-18-10-7(12)3-2-4-8(10)13/h2-4H,5-6,13H2,1H3,(H2,14,15,16,17). The third-order valence-corrected chi connectivity index (χ3v) is 3.63. The van der Waals surface area contributed by atoms with Gasteiger partial charge in [-0.3, -0.25) is 10.1 Å². The molecule has 0 aromatic heterocycles. The minimum Gasteiger partial charge on any atom is -0.398 e. The number of nitrogens with two attached hydrogens (primary N) is 1. The fraction of sp³-hybridized carbons (Fsp3) is 0.273. The molecule has 0 saturated carbocycles. The number of nitrogens with one attached hydrogen (secondary N) is 2. The van der Waals surface area contributed by atoms with Crippen molar-refractivity contribution in [3.8, 4) is 0 Å². The van der Waals surface area contributed by atoms with Crippen molar-refractivity contribution in [3.05, 3.63) is 23.2 Å². The van der Waals surface area contributed by atoms with Crippen LogP contribution in [0.5, 0.6) is 0 Å². The molecule has 7 heteroatoms. The number of imide groups is 1. The van der Waals surface area contributed by atoms with E-state index in [1.54, 1.807) is 18.2 Å². The highest BCUT2D eigenvalue weighted by molar-refractivity contribution is 7.99. The summed E-state index contributed by atoms with van der Waals surface area (Å²) in [5, 5.41) is 5.04. The van der Waals surface area contributed by atoms with Gasteiger partial charge in [0.2, 0.25) is 5.91 Å². The second kappa shape index (κ2) is 7.13. The van der Waals surface area contributed by atoms with Gasteiger partial charge in [-0.25, -0.2) is 4.79 Å². The third-order valence-electron chi connectivity index (χ3n) is 2.05. The molecule has 1 aromatic carbocycles. The van der Waals surface area contributed by atoms with E-state index >= 15 is 0 Å². The molecule has 98 valence electrons. The largest absolute Gasteiger partial charge is 0.398 e. The predicted molar refractivity (Wildman–Crippen MR) is 73.8 cm³/mol. The van der Waals surface area contributed by atoms with Crippen LogP contribution >= 0.6 is 23.4 Å². The summed E-state index contributed by atoms with van der Waals surface area (Å²) in [6.07, 6.45) is 0.211. The molecule has 0 bridgehead atoms. The Balaban J connectivity index is 2.42. The van der Waals surface area contributed by atoms with Crippen LogP contribution in [0.4, 0.5) is 10.5 Å². The summed E-state index contributed by atoms with van der Waals surface area (Å²) in [6, 6.07) is 4.74. The van der Waals surface area contributed by atoms with Crippen molar-refractivity contribution in [1.29, 1.82) is 0 Å². The number of nitrogen functional groups attached to an aromatic ring is 1. The van der Waals surface area contributed by atoms with Gasteiger partial charge in [0, 0.05) is 29.8 Å². The van der Waals surface area contributed by atoms with Crippen LogP contribution in [0.15, 0.2) is 23.1 Å². The normalized spacial score (nSPS) is 9.89. The van der Waals surface area contributed by atoms with Crippen LogP contribution in [0.1, 0.15) is 6.42 Å². The molecular formula is C11H14ClN3O2S. The fourth-order valence-corrected chi connectivity index (χ4v) is 2.45. The van der Waals surface area contributed by atoms with Crippen LogP contribution in [0.3, 0.4) is 0 Å².